The maximum Gasteiger partial charge on any atom is 0.265 e. The summed E-state index contributed by atoms with van der Waals surface area (Å²) in [6.45, 7) is 6.97. The van der Waals surface area contributed by atoms with Crippen molar-refractivity contribution >= 4 is 34.9 Å². The normalized spacial score (nSPS) is 13.8. The van der Waals surface area contributed by atoms with Crippen LogP contribution in [0.5, 0.6) is 0 Å². The van der Waals surface area contributed by atoms with Crippen LogP contribution in [0.2, 0.25) is 0 Å². The Labute approximate surface area is 191 Å². The van der Waals surface area contributed by atoms with Gasteiger partial charge in [-0.15, -0.1) is 5.10 Å². The van der Waals surface area contributed by atoms with Crippen molar-refractivity contribution in [3.05, 3.63) is 52.2 Å². The molecule has 0 saturated carbocycles. The zero-order chi connectivity index (χ0) is 22.3. The predicted octanol–water partition coefficient (Wildman–Crippen LogP) is 3.10. The van der Waals surface area contributed by atoms with Gasteiger partial charge in [0, 0.05) is 24.8 Å². The highest BCUT2D eigenvalue weighted by Crippen LogP contribution is 2.21. The lowest BCUT2D eigenvalue weighted by atomic mass is 10.1. The molecular weight excluding hydrogens is 426 g/mol. The number of amides is 1. The summed E-state index contributed by atoms with van der Waals surface area (Å²) in [5.41, 5.74) is 3.61. The zero-order valence-electron chi connectivity index (χ0n) is 18.3. The van der Waals surface area contributed by atoms with Gasteiger partial charge in [-0.3, -0.25) is 4.79 Å². The third kappa shape index (κ3) is 5.57. The molecule has 1 aliphatic heterocycles. The fourth-order valence-electron chi connectivity index (χ4n) is 3.43. The number of rotatable bonds is 8. The second-order valence-corrected chi connectivity index (χ2v) is 8.34. The van der Waals surface area contributed by atoms with E-state index in [1.165, 1.54) is 5.56 Å². The number of carbonyl (C=O) groups is 1. The molecule has 1 fully saturated rings. The van der Waals surface area contributed by atoms with Crippen LogP contribution in [0.1, 0.15) is 40.0 Å². The average molecular weight is 454 g/mol. The molecular formula is C22H27N7O2S. The molecule has 9 nitrogen and oxygen atoms in total. The molecule has 4 rings (SSSR count). The van der Waals surface area contributed by atoms with Crippen LogP contribution in [0.15, 0.2) is 30.3 Å². The molecule has 1 aromatic carbocycles. The lowest BCUT2D eigenvalue weighted by Crippen LogP contribution is -2.37. The summed E-state index contributed by atoms with van der Waals surface area (Å²) in [6, 6.07) is 10.2. The molecule has 10 heteroatoms. The van der Waals surface area contributed by atoms with E-state index in [4.69, 9.17) is 9.72 Å². The number of aromatic nitrogens is 4. The molecule has 0 radical (unpaired) electrons. The van der Waals surface area contributed by atoms with Crippen molar-refractivity contribution in [3.8, 4) is 0 Å². The van der Waals surface area contributed by atoms with Gasteiger partial charge < -0.3 is 20.3 Å². The van der Waals surface area contributed by atoms with Gasteiger partial charge in [0.15, 0.2) is 0 Å². The number of hydrogen-bond acceptors (Lipinski definition) is 9. The predicted molar refractivity (Wildman–Crippen MR) is 125 cm³/mol. The van der Waals surface area contributed by atoms with E-state index >= 15 is 0 Å². The number of hydrogen-bond donors (Lipinski definition) is 2. The topological polar surface area (TPSA) is 105 Å². The van der Waals surface area contributed by atoms with E-state index in [2.05, 4.69) is 61.3 Å². The monoisotopic (exact) mass is 453 g/mol. The van der Waals surface area contributed by atoms with Gasteiger partial charge in [-0.1, -0.05) is 30.0 Å². The van der Waals surface area contributed by atoms with E-state index in [1.807, 2.05) is 6.07 Å². The largest absolute Gasteiger partial charge is 0.378 e. The molecule has 1 saturated heterocycles. The van der Waals surface area contributed by atoms with Gasteiger partial charge in [0.1, 0.15) is 10.7 Å². The van der Waals surface area contributed by atoms with Gasteiger partial charge in [-0.05, 0) is 42.6 Å². The van der Waals surface area contributed by atoms with Crippen LogP contribution < -0.4 is 15.5 Å². The van der Waals surface area contributed by atoms with Crippen LogP contribution in [0.3, 0.4) is 0 Å². The first kappa shape index (κ1) is 22.1. The van der Waals surface area contributed by atoms with E-state index in [0.717, 1.165) is 48.8 Å². The number of nitrogens with zero attached hydrogens (tertiary/aromatic N) is 5. The molecule has 0 atom stereocenters. The number of benzene rings is 1. The highest BCUT2D eigenvalue weighted by molar-refractivity contribution is 7.07. The summed E-state index contributed by atoms with van der Waals surface area (Å²) >= 11 is 1.09. The van der Waals surface area contributed by atoms with Crippen LogP contribution >= 0.6 is 11.5 Å². The minimum Gasteiger partial charge on any atom is -0.378 e. The number of carbonyl (C=O) groups excluding carboxylic acids is 1. The van der Waals surface area contributed by atoms with Crippen LogP contribution in [0.4, 0.5) is 17.5 Å². The van der Waals surface area contributed by atoms with Gasteiger partial charge in [0.25, 0.3) is 5.91 Å². The second kappa shape index (κ2) is 10.5. The minimum absolute atomic E-state index is 0.204. The first-order valence-corrected chi connectivity index (χ1v) is 11.5. The Hall–Kier alpha value is -3.11. The van der Waals surface area contributed by atoms with Crippen molar-refractivity contribution in [1.29, 1.82) is 0 Å². The molecule has 1 amide bonds. The van der Waals surface area contributed by atoms with Gasteiger partial charge in [0.05, 0.1) is 31.1 Å². The Kier molecular flexibility index (Phi) is 7.23. The smallest absolute Gasteiger partial charge is 0.265 e. The molecule has 2 N–H and O–H groups in total. The van der Waals surface area contributed by atoms with Gasteiger partial charge >= 0.3 is 0 Å². The minimum atomic E-state index is -0.204. The molecule has 32 heavy (non-hydrogen) atoms. The summed E-state index contributed by atoms with van der Waals surface area (Å²) in [5, 5.41) is 10.2. The lowest BCUT2D eigenvalue weighted by molar-refractivity contribution is 0.0953. The van der Waals surface area contributed by atoms with Gasteiger partial charge in [-0.25, -0.2) is 4.98 Å². The maximum absolute atomic E-state index is 12.5. The van der Waals surface area contributed by atoms with E-state index in [9.17, 15) is 4.79 Å². The maximum atomic E-state index is 12.5. The van der Waals surface area contributed by atoms with Crippen molar-refractivity contribution in [1.82, 2.24) is 24.9 Å². The number of ether oxygens (including phenoxy) is 1. The molecule has 3 aromatic rings. The third-order valence-corrected chi connectivity index (χ3v) is 5.94. The molecule has 2 aromatic heterocycles. The van der Waals surface area contributed by atoms with Crippen LogP contribution in [0.25, 0.3) is 0 Å². The second-order valence-electron chi connectivity index (χ2n) is 7.59. The molecule has 0 aliphatic carbocycles. The Morgan fingerprint density at radius 3 is 2.66 bits per heavy atom. The van der Waals surface area contributed by atoms with Crippen molar-refractivity contribution in [2.45, 2.75) is 33.2 Å². The summed E-state index contributed by atoms with van der Waals surface area (Å²) in [6.07, 6.45) is 2.18. The SMILES string of the molecule is CCCc1ccc(Nc2cc(CNC(=O)c3snnc3C)nc(N3CCOCC3)n2)cc1. The Morgan fingerprint density at radius 1 is 1.19 bits per heavy atom. The van der Waals surface area contributed by atoms with Crippen molar-refractivity contribution in [2.75, 3.05) is 36.5 Å². The highest BCUT2D eigenvalue weighted by atomic mass is 32.1. The van der Waals surface area contributed by atoms with Gasteiger partial charge in [-0.2, -0.15) is 4.98 Å². The average Bonchev–Trinajstić information content (AvgIpc) is 3.25. The number of anilines is 3. The molecule has 0 spiro atoms. The van der Waals surface area contributed by atoms with E-state index in [0.29, 0.717) is 35.6 Å². The Morgan fingerprint density at radius 2 is 1.97 bits per heavy atom. The first-order valence-electron chi connectivity index (χ1n) is 10.8. The molecule has 1 aliphatic rings. The van der Waals surface area contributed by atoms with E-state index in [1.54, 1.807) is 6.92 Å². The number of aryl methyl sites for hydroxylation is 2. The summed E-state index contributed by atoms with van der Waals surface area (Å²) < 4.78 is 9.29. The number of morpholine rings is 1. The van der Waals surface area contributed by atoms with Gasteiger partial charge in [0.2, 0.25) is 5.95 Å². The van der Waals surface area contributed by atoms with E-state index in [-0.39, 0.29) is 12.5 Å². The fraction of sp³-hybridized carbons (Fsp3) is 0.409. The quantitative estimate of drug-likeness (QED) is 0.536. The van der Waals surface area contributed by atoms with Crippen LogP contribution in [-0.4, -0.2) is 51.8 Å². The lowest BCUT2D eigenvalue weighted by Gasteiger charge is -2.27. The molecule has 0 bridgehead atoms. The summed E-state index contributed by atoms with van der Waals surface area (Å²) in [7, 11) is 0. The Bertz CT molecular complexity index is 1050. The van der Waals surface area contributed by atoms with Crippen LogP contribution in [0, 0.1) is 6.92 Å². The van der Waals surface area contributed by atoms with Crippen molar-refractivity contribution < 1.29 is 9.53 Å². The van der Waals surface area contributed by atoms with Crippen molar-refractivity contribution in [2.24, 2.45) is 0 Å². The standard InChI is InChI=1S/C22H27N7O2S/c1-3-4-16-5-7-17(8-6-16)24-19-13-18(14-23-21(30)20-15(2)27-28-32-20)25-22(26-19)29-9-11-31-12-10-29/h5-8,13H,3-4,9-12,14H2,1-2H3,(H,23,30)(H,24,25,26). The van der Waals surface area contributed by atoms with Crippen LogP contribution in [-0.2, 0) is 17.7 Å². The third-order valence-electron chi connectivity index (χ3n) is 5.11. The van der Waals surface area contributed by atoms with Crippen molar-refractivity contribution in [3.63, 3.8) is 0 Å². The summed E-state index contributed by atoms with van der Waals surface area (Å²) in [4.78, 5) is 24.5. The zero-order valence-corrected chi connectivity index (χ0v) is 19.1. The fourth-order valence-corrected chi connectivity index (χ4v) is 4.00. The Balaban J connectivity index is 1.53. The highest BCUT2D eigenvalue weighted by Gasteiger charge is 2.17. The number of nitrogens with one attached hydrogen (secondary N) is 2. The molecule has 168 valence electrons. The first-order chi connectivity index (χ1) is 15.6. The van der Waals surface area contributed by atoms with E-state index < -0.39 is 0 Å². The summed E-state index contributed by atoms with van der Waals surface area (Å²) in [5.74, 6) is 1.11. The molecule has 3 heterocycles. The molecule has 0 unspecified atom stereocenters.